The quantitative estimate of drug-likeness (QED) is 0.711. The molecule has 0 aliphatic rings. The van der Waals surface area contributed by atoms with E-state index in [0.29, 0.717) is 10.5 Å². The van der Waals surface area contributed by atoms with Crippen molar-refractivity contribution in [1.29, 1.82) is 0 Å². The van der Waals surface area contributed by atoms with Gasteiger partial charge < -0.3 is 0 Å². The van der Waals surface area contributed by atoms with E-state index in [1.807, 2.05) is 0 Å². The van der Waals surface area contributed by atoms with E-state index in [0.717, 1.165) is 11.8 Å². The topological polar surface area (TPSA) is 38.7 Å². The first kappa shape index (κ1) is 13.8. The summed E-state index contributed by atoms with van der Waals surface area (Å²) < 4.78 is 39.4. The number of fused-ring (bicyclic) bond motifs is 1. The highest BCUT2D eigenvalue weighted by atomic mass is 32.2. The molecule has 0 aliphatic carbocycles. The van der Waals surface area contributed by atoms with Gasteiger partial charge in [-0.05, 0) is 36.0 Å². The fraction of sp³-hybridized carbons (Fsp3) is 0.0714. The molecule has 0 amide bonds. The van der Waals surface area contributed by atoms with Gasteiger partial charge in [-0.25, -0.2) is 15.0 Å². The molecule has 0 saturated heterocycles. The largest absolute Gasteiger partial charge is 0.436 e. The van der Waals surface area contributed by atoms with E-state index in [1.54, 1.807) is 36.4 Å². The van der Waals surface area contributed by atoms with Crippen molar-refractivity contribution in [2.24, 2.45) is 0 Å². The second-order valence-electron chi connectivity index (χ2n) is 4.13. The van der Waals surface area contributed by atoms with Gasteiger partial charge in [0.25, 0.3) is 0 Å². The standard InChI is InChI=1S/C14H8F3N3S/c15-14(16,17)12-13(21-11-7-3-4-8-18-11)20-10-6-2-1-5-9(10)19-12/h1-8H. The smallest absolute Gasteiger partial charge is 0.250 e. The number of alkyl halides is 3. The van der Waals surface area contributed by atoms with Gasteiger partial charge in [-0.1, -0.05) is 18.2 Å². The lowest BCUT2D eigenvalue weighted by Gasteiger charge is -2.11. The molecule has 2 heterocycles. The molecule has 0 bridgehead atoms. The van der Waals surface area contributed by atoms with E-state index in [1.165, 1.54) is 12.3 Å². The molecule has 0 radical (unpaired) electrons. The number of aromatic nitrogens is 3. The second-order valence-corrected chi connectivity index (χ2v) is 5.14. The second kappa shape index (κ2) is 5.33. The van der Waals surface area contributed by atoms with Crippen LogP contribution in [-0.4, -0.2) is 15.0 Å². The number of hydrogen-bond donors (Lipinski definition) is 0. The molecule has 7 heteroatoms. The van der Waals surface area contributed by atoms with Gasteiger partial charge in [0.1, 0.15) is 10.1 Å². The summed E-state index contributed by atoms with van der Waals surface area (Å²) in [5, 5.41) is 0.243. The minimum atomic E-state index is -4.56. The molecule has 3 nitrogen and oxygen atoms in total. The highest BCUT2D eigenvalue weighted by molar-refractivity contribution is 7.99. The van der Waals surface area contributed by atoms with Crippen LogP contribution >= 0.6 is 11.8 Å². The number of pyridine rings is 1. The molecule has 0 N–H and O–H groups in total. The lowest BCUT2D eigenvalue weighted by Crippen LogP contribution is -2.11. The Bertz CT molecular complexity index is 775. The molecule has 21 heavy (non-hydrogen) atoms. The zero-order valence-corrected chi connectivity index (χ0v) is 11.3. The zero-order chi connectivity index (χ0) is 14.9. The van der Waals surface area contributed by atoms with Gasteiger partial charge >= 0.3 is 6.18 Å². The zero-order valence-electron chi connectivity index (χ0n) is 10.5. The average Bonchev–Trinajstić information content (AvgIpc) is 2.46. The molecule has 0 saturated carbocycles. The summed E-state index contributed by atoms with van der Waals surface area (Å²) in [6.45, 7) is 0. The van der Waals surface area contributed by atoms with Crippen LogP contribution in [0.1, 0.15) is 5.69 Å². The van der Waals surface area contributed by atoms with Crippen LogP contribution in [0.3, 0.4) is 0 Å². The summed E-state index contributed by atoms with van der Waals surface area (Å²) in [5.74, 6) is 0. The summed E-state index contributed by atoms with van der Waals surface area (Å²) in [7, 11) is 0. The summed E-state index contributed by atoms with van der Waals surface area (Å²) >= 11 is 0.851. The van der Waals surface area contributed by atoms with Gasteiger partial charge in [0.2, 0.25) is 0 Å². The number of rotatable bonds is 2. The predicted molar refractivity (Wildman–Crippen MR) is 72.9 cm³/mol. The molecule has 3 aromatic rings. The molecule has 0 unspecified atom stereocenters. The van der Waals surface area contributed by atoms with Crippen LogP contribution in [0.15, 0.2) is 58.7 Å². The van der Waals surface area contributed by atoms with Gasteiger partial charge in [-0.2, -0.15) is 13.2 Å². The third kappa shape index (κ3) is 2.97. The fourth-order valence-corrected chi connectivity index (χ4v) is 2.61. The lowest BCUT2D eigenvalue weighted by atomic mass is 10.3. The highest BCUT2D eigenvalue weighted by Crippen LogP contribution is 2.37. The van der Waals surface area contributed by atoms with Crippen molar-refractivity contribution in [2.75, 3.05) is 0 Å². The number of benzene rings is 1. The average molecular weight is 307 g/mol. The Labute approximate surface area is 122 Å². The Morgan fingerprint density at radius 1 is 0.857 bits per heavy atom. The van der Waals surface area contributed by atoms with Crippen molar-refractivity contribution in [3.05, 3.63) is 54.4 Å². The third-order valence-corrected chi connectivity index (χ3v) is 3.57. The van der Waals surface area contributed by atoms with E-state index in [2.05, 4.69) is 15.0 Å². The normalized spacial score (nSPS) is 11.8. The molecule has 0 fully saturated rings. The van der Waals surface area contributed by atoms with Crippen molar-refractivity contribution in [1.82, 2.24) is 15.0 Å². The van der Waals surface area contributed by atoms with Gasteiger partial charge in [0.15, 0.2) is 5.69 Å². The van der Waals surface area contributed by atoms with Crippen LogP contribution in [-0.2, 0) is 6.18 Å². The van der Waals surface area contributed by atoms with Crippen LogP contribution in [0.25, 0.3) is 11.0 Å². The Morgan fingerprint density at radius 3 is 2.14 bits per heavy atom. The molecule has 0 spiro atoms. The number of nitrogens with zero attached hydrogens (tertiary/aromatic N) is 3. The molecule has 0 atom stereocenters. The van der Waals surface area contributed by atoms with Gasteiger partial charge in [-0.15, -0.1) is 0 Å². The van der Waals surface area contributed by atoms with Crippen molar-refractivity contribution >= 4 is 22.8 Å². The molecule has 1 aromatic carbocycles. The third-order valence-electron chi connectivity index (χ3n) is 2.65. The Balaban J connectivity index is 2.14. The first-order chi connectivity index (χ1) is 10.0. The fourth-order valence-electron chi connectivity index (χ4n) is 1.75. The molecular formula is C14H8F3N3S. The Morgan fingerprint density at radius 2 is 1.52 bits per heavy atom. The van der Waals surface area contributed by atoms with E-state index < -0.39 is 11.9 Å². The van der Waals surface area contributed by atoms with Crippen molar-refractivity contribution in [2.45, 2.75) is 16.2 Å². The van der Waals surface area contributed by atoms with Crippen molar-refractivity contribution < 1.29 is 13.2 Å². The minimum Gasteiger partial charge on any atom is -0.250 e. The van der Waals surface area contributed by atoms with E-state index in [4.69, 9.17) is 0 Å². The molecule has 2 aromatic heterocycles. The number of para-hydroxylation sites is 2. The van der Waals surface area contributed by atoms with Crippen LogP contribution in [0, 0.1) is 0 Å². The molecule has 3 rings (SSSR count). The lowest BCUT2D eigenvalue weighted by molar-refractivity contribution is -0.143. The minimum absolute atomic E-state index is 0.195. The summed E-state index contributed by atoms with van der Waals surface area (Å²) in [4.78, 5) is 11.8. The maximum Gasteiger partial charge on any atom is 0.436 e. The Kier molecular flexibility index (Phi) is 3.50. The van der Waals surface area contributed by atoms with Crippen LogP contribution in [0.5, 0.6) is 0 Å². The van der Waals surface area contributed by atoms with Crippen LogP contribution in [0.4, 0.5) is 13.2 Å². The van der Waals surface area contributed by atoms with Gasteiger partial charge in [0, 0.05) is 6.20 Å². The van der Waals surface area contributed by atoms with Gasteiger partial charge in [0.05, 0.1) is 11.0 Å². The molecular weight excluding hydrogens is 299 g/mol. The molecule has 106 valence electrons. The van der Waals surface area contributed by atoms with Gasteiger partial charge in [-0.3, -0.25) is 0 Å². The molecule has 0 aliphatic heterocycles. The highest BCUT2D eigenvalue weighted by Gasteiger charge is 2.37. The van der Waals surface area contributed by atoms with E-state index in [-0.39, 0.29) is 10.5 Å². The summed E-state index contributed by atoms with van der Waals surface area (Å²) in [6.07, 6.45) is -3.04. The maximum absolute atomic E-state index is 13.1. The predicted octanol–water partition coefficient (Wildman–Crippen LogP) is 4.19. The Hall–Kier alpha value is -2.15. The van der Waals surface area contributed by atoms with E-state index >= 15 is 0 Å². The van der Waals surface area contributed by atoms with Crippen molar-refractivity contribution in [3.8, 4) is 0 Å². The monoisotopic (exact) mass is 307 g/mol. The first-order valence-corrected chi connectivity index (χ1v) is 6.78. The SMILES string of the molecule is FC(F)(F)c1nc2ccccc2nc1Sc1ccccn1. The summed E-state index contributed by atoms with van der Waals surface area (Å²) in [6, 6.07) is 11.5. The maximum atomic E-state index is 13.1. The first-order valence-electron chi connectivity index (χ1n) is 5.97. The van der Waals surface area contributed by atoms with Crippen LogP contribution < -0.4 is 0 Å². The van der Waals surface area contributed by atoms with E-state index in [9.17, 15) is 13.2 Å². The van der Waals surface area contributed by atoms with Crippen molar-refractivity contribution in [3.63, 3.8) is 0 Å². The number of halogens is 3. The van der Waals surface area contributed by atoms with Crippen LogP contribution in [0.2, 0.25) is 0 Å². The summed E-state index contributed by atoms with van der Waals surface area (Å²) in [5.41, 5.74) is -0.351. The number of hydrogen-bond acceptors (Lipinski definition) is 4.